The Morgan fingerprint density at radius 2 is 2.07 bits per heavy atom. The molecule has 4 heterocycles. The highest BCUT2D eigenvalue weighted by atomic mass is 32.2. The SMILES string of the molecule is Cc1sc2nc(SCCCN3C(=O)CNC3=O)n(Cc3ccccn3)c(=O)c2c1C. The third-order valence-corrected chi connectivity index (χ3v) is 7.16. The summed E-state index contributed by atoms with van der Waals surface area (Å²) in [6.07, 6.45) is 2.32. The first-order valence-electron chi connectivity index (χ1n) is 9.57. The van der Waals surface area contributed by atoms with Crippen LogP contribution in [0, 0.1) is 13.8 Å². The third-order valence-electron chi connectivity index (χ3n) is 4.99. The zero-order valence-electron chi connectivity index (χ0n) is 16.7. The van der Waals surface area contributed by atoms with Crippen molar-refractivity contribution < 1.29 is 9.59 Å². The molecular formula is C20H21N5O3S2. The summed E-state index contributed by atoms with van der Waals surface area (Å²) in [5, 5.41) is 3.80. The van der Waals surface area contributed by atoms with Crippen LogP contribution in [0.2, 0.25) is 0 Å². The van der Waals surface area contributed by atoms with Gasteiger partial charge in [0.1, 0.15) is 4.83 Å². The Morgan fingerprint density at radius 3 is 2.77 bits per heavy atom. The topological polar surface area (TPSA) is 97.2 Å². The number of pyridine rings is 1. The normalized spacial score (nSPS) is 14.0. The van der Waals surface area contributed by atoms with Crippen molar-refractivity contribution >= 4 is 45.3 Å². The second-order valence-corrected chi connectivity index (χ2v) is 9.24. The molecule has 0 atom stereocenters. The Hall–Kier alpha value is -2.72. The summed E-state index contributed by atoms with van der Waals surface area (Å²) in [5.74, 6) is 0.418. The molecule has 8 nitrogen and oxygen atoms in total. The number of amides is 3. The molecule has 3 amide bonds. The van der Waals surface area contributed by atoms with Crippen molar-refractivity contribution in [3.63, 3.8) is 0 Å². The van der Waals surface area contributed by atoms with E-state index in [4.69, 9.17) is 4.98 Å². The molecule has 4 rings (SSSR count). The van der Waals surface area contributed by atoms with Crippen molar-refractivity contribution in [1.29, 1.82) is 0 Å². The van der Waals surface area contributed by atoms with Crippen LogP contribution < -0.4 is 10.9 Å². The molecule has 1 aliphatic heterocycles. The molecule has 1 saturated heterocycles. The minimum atomic E-state index is -0.346. The molecular weight excluding hydrogens is 422 g/mol. The monoisotopic (exact) mass is 443 g/mol. The number of hydrogen-bond donors (Lipinski definition) is 1. The van der Waals surface area contributed by atoms with Crippen LogP contribution in [0.3, 0.4) is 0 Å². The predicted octanol–water partition coefficient (Wildman–Crippen LogP) is 2.55. The van der Waals surface area contributed by atoms with Crippen molar-refractivity contribution in [3.05, 3.63) is 50.9 Å². The number of nitrogens with one attached hydrogen (secondary N) is 1. The molecule has 0 saturated carbocycles. The fraction of sp³-hybridized carbons (Fsp3) is 0.350. The lowest BCUT2D eigenvalue weighted by atomic mass is 10.2. The molecule has 0 radical (unpaired) electrons. The summed E-state index contributed by atoms with van der Waals surface area (Å²) < 4.78 is 1.67. The van der Waals surface area contributed by atoms with Gasteiger partial charge < -0.3 is 5.32 Å². The van der Waals surface area contributed by atoms with E-state index >= 15 is 0 Å². The summed E-state index contributed by atoms with van der Waals surface area (Å²) in [6.45, 7) is 4.70. The van der Waals surface area contributed by atoms with Crippen molar-refractivity contribution in [2.75, 3.05) is 18.8 Å². The highest BCUT2D eigenvalue weighted by molar-refractivity contribution is 7.99. The van der Waals surface area contributed by atoms with Gasteiger partial charge in [0.2, 0.25) is 5.91 Å². The van der Waals surface area contributed by atoms with E-state index in [1.807, 2.05) is 32.0 Å². The standard InChI is InChI=1S/C20H21N5O3S2/c1-12-13(2)30-17-16(12)18(27)25(11-14-6-3-4-7-21-14)20(23-17)29-9-5-8-24-15(26)10-22-19(24)28/h3-4,6-7H,5,8-11H2,1-2H3,(H,22,28). The van der Waals surface area contributed by atoms with Gasteiger partial charge in [0, 0.05) is 23.4 Å². The minimum absolute atomic E-state index is 0.0604. The summed E-state index contributed by atoms with van der Waals surface area (Å²) in [5.41, 5.74) is 1.69. The van der Waals surface area contributed by atoms with Gasteiger partial charge in [-0.25, -0.2) is 9.78 Å². The molecule has 0 unspecified atom stereocenters. The van der Waals surface area contributed by atoms with Crippen LogP contribution in [0.4, 0.5) is 4.79 Å². The van der Waals surface area contributed by atoms with Crippen LogP contribution in [-0.2, 0) is 11.3 Å². The fourth-order valence-electron chi connectivity index (χ4n) is 3.28. The number of aryl methyl sites for hydroxylation is 2. The maximum atomic E-state index is 13.3. The molecule has 1 N–H and O–H groups in total. The van der Waals surface area contributed by atoms with E-state index < -0.39 is 0 Å². The van der Waals surface area contributed by atoms with E-state index in [9.17, 15) is 14.4 Å². The fourth-order valence-corrected chi connectivity index (χ4v) is 5.27. The highest BCUT2D eigenvalue weighted by Crippen LogP contribution is 2.28. The Balaban J connectivity index is 1.59. The highest BCUT2D eigenvalue weighted by Gasteiger charge is 2.27. The van der Waals surface area contributed by atoms with E-state index in [2.05, 4.69) is 10.3 Å². The molecule has 1 fully saturated rings. The van der Waals surface area contributed by atoms with Gasteiger partial charge in [0.15, 0.2) is 5.16 Å². The maximum Gasteiger partial charge on any atom is 0.324 e. The van der Waals surface area contributed by atoms with Crippen LogP contribution >= 0.6 is 23.1 Å². The summed E-state index contributed by atoms with van der Waals surface area (Å²) in [4.78, 5) is 48.8. The predicted molar refractivity (Wildman–Crippen MR) is 117 cm³/mol. The molecule has 0 aliphatic carbocycles. The number of carbonyl (C=O) groups is 2. The first-order valence-corrected chi connectivity index (χ1v) is 11.4. The van der Waals surface area contributed by atoms with Gasteiger partial charge in [-0.3, -0.25) is 24.0 Å². The first kappa shape index (κ1) is 20.5. The van der Waals surface area contributed by atoms with Gasteiger partial charge >= 0.3 is 6.03 Å². The number of nitrogens with zero attached hydrogens (tertiary/aromatic N) is 4. The van der Waals surface area contributed by atoms with Crippen LogP contribution in [0.5, 0.6) is 0 Å². The van der Waals surface area contributed by atoms with Crippen molar-refractivity contribution in [2.24, 2.45) is 0 Å². The number of rotatable bonds is 7. The van der Waals surface area contributed by atoms with E-state index in [1.165, 1.54) is 28.0 Å². The average molecular weight is 444 g/mol. The van der Waals surface area contributed by atoms with E-state index in [0.717, 1.165) is 21.0 Å². The van der Waals surface area contributed by atoms with Gasteiger partial charge in [-0.2, -0.15) is 0 Å². The molecule has 10 heteroatoms. The Kier molecular flexibility index (Phi) is 5.87. The Morgan fingerprint density at radius 1 is 1.23 bits per heavy atom. The van der Waals surface area contributed by atoms with E-state index in [-0.39, 0.29) is 24.0 Å². The number of imide groups is 1. The molecule has 0 aromatic carbocycles. The summed E-state index contributed by atoms with van der Waals surface area (Å²) in [6, 6.07) is 5.27. The zero-order chi connectivity index (χ0) is 21.3. The van der Waals surface area contributed by atoms with Gasteiger partial charge in [0.05, 0.1) is 24.2 Å². The molecule has 30 heavy (non-hydrogen) atoms. The second-order valence-electron chi connectivity index (χ2n) is 6.98. The number of aromatic nitrogens is 3. The lowest BCUT2D eigenvalue weighted by Crippen LogP contribution is -2.32. The maximum absolute atomic E-state index is 13.3. The van der Waals surface area contributed by atoms with Gasteiger partial charge in [-0.1, -0.05) is 17.8 Å². The van der Waals surface area contributed by atoms with Crippen molar-refractivity contribution in [3.8, 4) is 0 Å². The second kappa shape index (κ2) is 8.57. The van der Waals surface area contributed by atoms with Gasteiger partial charge in [0.25, 0.3) is 5.56 Å². The van der Waals surface area contributed by atoms with Crippen LogP contribution in [-0.4, -0.2) is 50.2 Å². The van der Waals surface area contributed by atoms with Crippen LogP contribution in [0.15, 0.2) is 34.3 Å². The Bertz CT molecular complexity index is 1160. The number of thiophene rings is 1. The zero-order valence-corrected chi connectivity index (χ0v) is 18.3. The van der Waals surface area contributed by atoms with Crippen LogP contribution in [0.25, 0.3) is 10.2 Å². The van der Waals surface area contributed by atoms with Crippen molar-refractivity contribution in [2.45, 2.75) is 32.0 Å². The number of urea groups is 1. The van der Waals surface area contributed by atoms with Crippen molar-refractivity contribution in [1.82, 2.24) is 24.8 Å². The number of fused-ring (bicyclic) bond motifs is 1. The molecule has 156 valence electrons. The third kappa shape index (κ3) is 3.97. The average Bonchev–Trinajstić information content (AvgIpc) is 3.20. The largest absolute Gasteiger partial charge is 0.329 e. The molecule has 0 spiro atoms. The molecule has 3 aromatic rings. The number of hydrogen-bond acceptors (Lipinski definition) is 7. The molecule has 1 aliphatic rings. The van der Waals surface area contributed by atoms with Gasteiger partial charge in [-0.15, -0.1) is 11.3 Å². The lowest BCUT2D eigenvalue weighted by Gasteiger charge is -2.14. The Labute approximate surface area is 181 Å². The van der Waals surface area contributed by atoms with E-state index in [1.54, 1.807) is 10.8 Å². The summed E-state index contributed by atoms with van der Waals surface area (Å²) >= 11 is 2.98. The summed E-state index contributed by atoms with van der Waals surface area (Å²) in [7, 11) is 0. The number of carbonyl (C=O) groups excluding carboxylic acids is 2. The first-order chi connectivity index (χ1) is 14.5. The minimum Gasteiger partial charge on any atom is -0.329 e. The molecule has 0 bridgehead atoms. The lowest BCUT2D eigenvalue weighted by molar-refractivity contribution is -0.124. The quantitative estimate of drug-likeness (QED) is 0.261. The molecule has 3 aromatic heterocycles. The van der Waals surface area contributed by atoms with Gasteiger partial charge in [-0.05, 0) is 38.0 Å². The van der Waals surface area contributed by atoms with E-state index in [0.29, 0.717) is 35.8 Å². The van der Waals surface area contributed by atoms with Crippen LogP contribution in [0.1, 0.15) is 22.6 Å². The smallest absolute Gasteiger partial charge is 0.324 e. The number of thioether (sulfide) groups is 1.